The lowest BCUT2D eigenvalue weighted by Gasteiger charge is -2.47. The van der Waals surface area contributed by atoms with Gasteiger partial charge in [0.25, 0.3) is 0 Å². The molecule has 110 valence electrons. The molecular weight excluding hydrogens is 234 g/mol. The summed E-state index contributed by atoms with van der Waals surface area (Å²) in [7, 11) is 0. The fourth-order valence-electron chi connectivity index (χ4n) is 3.32. The van der Waals surface area contributed by atoms with Crippen LogP contribution in [-0.4, -0.2) is 60.6 Å². The number of nitrogens with zero attached hydrogens (tertiary/aromatic N) is 2. The molecule has 2 aliphatic rings. The van der Waals surface area contributed by atoms with Crippen molar-refractivity contribution in [2.45, 2.75) is 58.2 Å². The highest BCUT2D eigenvalue weighted by atomic mass is 15.3. The van der Waals surface area contributed by atoms with Crippen LogP contribution in [0.2, 0.25) is 0 Å². The van der Waals surface area contributed by atoms with Gasteiger partial charge in [0.05, 0.1) is 0 Å². The molecular formula is C16H31N3. The van der Waals surface area contributed by atoms with Crippen LogP contribution >= 0.6 is 0 Å². The summed E-state index contributed by atoms with van der Waals surface area (Å²) < 4.78 is 0. The van der Waals surface area contributed by atoms with Gasteiger partial charge >= 0.3 is 0 Å². The van der Waals surface area contributed by atoms with E-state index in [0.717, 1.165) is 19.1 Å². The number of piperidine rings is 1. The zero-order chi connectivity index (χ0) is 13.8. The number of hydrogen-bond donors (Lipinski definition) is 1. The first-order valence-corrected chi connectivity index (χ1v) is 7.94. The molecule has 2 saturated heterocycles. The Kier molecular flexibility index (Phi) is 5.43. The van der Waals surface area contributed by atoms with Crippen molar-refractivity contribution in [1.82, 2.24) is 15.1 Å². The lowest BCUT2D eigenvalue weighted by Crippen LogP contribution is -2.59. The molecule has 0 radical (unpaired) electrons. The molecule has 2 atom stereocenters. The van der Waals surface area contributed by atoms with Gasteiger partial charge in [-0.1, -0.05) is 26.8 Å². The van der Waals surface area contributed by atoms with Crippen molar-refractivity contribution in [2.75, 3.05) is 32.7 Å². The van der Waals surface area contributed by atoms with E-state index in [4.69, 9.17) is 0 Å². The summed E-state index contributed by atoms with van der Waals surface area (Å²) in [5.74, 6) is 0. The van der Waals surface area contributed by atoms with E-state index in [-0.39, 0.29) is 0 Å². The predicted octanol–water partition coefficient (Wildman–Crippen LogP) is 2.10. The van der Waals surface area contributed by atoms with Crippen LogP contribution in [0.5, 0.6) is 0 Å². The first kappa shape index (κ1) is 15.0. The molecule has 0 aromatic carbocycles. The van der Waals surface area contributed by atoms with Crippen LogP contribution in [0.3, 0.4) is 0 Å². The molecule has 2 fully saturated rings. The lowest BCUT2D eigenvalue weighted by atomic mass is 9.97. The number of rotatable bonds is 5. The Labute approximate surface area is 119 Å². The molecule has 3 nitrogen and oxygen atoms in total. The summed E-state index contributed by atoms with van der Waals surface area (Å²) in [4.78, 5) is 5.34. The maximum atomic E-state index is 4.24. The normalized spacial score (nSPS) is 29.5. The van der Waals surface area contributed by atoms with Crippen molar-refractivity contribution >= 4 is 0 Å². The SMILES string of the molecule is C=C(CNC(C)C)CN1CC2CCCCN2CC1C. The average molecular weight is 265 g/mol. The minimum absolute atomic E-state index is 0.546. The second-order valence-electron chi connectivity index (χ2n) is 6.71. The molecule has 0 saturated carbocycles. The van der Waals surface area contributed by atoms with Crippen LogP contribution in [0.4, 0.5) is 0 Å². The molecule has 2 rings (SSSR count). The summed E-state index contributed by atoms with van der Waals surface area (Å²) in [5.41, 5.74) is 1.32. The van der Waals surface area contributed by atoms with Gasteiger partial charge in [0.2, 0.25) is 0 Å². The van der Waals surface area contributed by atoms with Crippen molar-refractivity contribution in [2.24, 2.45) is 0 Å². The molecule has 2 heterocycles. The Balaban J connectivity index is 1.81. The molecule has 0 amide bonds. The van der Waals surface area contributed by atoms with Gasteiger partial charge in [-0.25, -0.2) is 0 Å². The molecule has 0 bridgehead atoms. The molecule has 0 aromatic heterocycles. The zero-order valence-electron chi connectivity index (χ0n) is 13.0. The van der Waals surface area contributed by atoms with Crippen LogP contribution < -0.4 is 5.32 Å². The second kappa shape index (κ2) is 6.87. The molecule has 0 aromatic rings. The third kappa shape index (κ3) is 4.30. The van der Waals surface area contributed by atoms with E-state index in [9.17, 15) is 0 Å². The Bertz CT molecular complexity index is 300. The quantitative estimate of drug-likeness (QED) is 0.768. The zero-order valence-corrected chi connectivity index (χ0v) is 13.0. The third-order valence-corrected chi connectivity index (χ3v) is 4.50. The van der Waals surface area contributed by atoms with E-state index in [1.807, 2.05) is 0 Å². The average Bonchev–Trinajstić information content (AvgIpc) is 2.37. The van der Waals surface area contributed by atoms with E-state index in [1.54, 1.807) is 0 Å². The highest BCUT2D eigenvalue weighted by Crippen LogP contribution is 2.24. The Morgan fingerprint density at radius 3 is 2.84 bits per heavy atom. The first-order valence-electron chi connectivity index (χ1n) is 7.94. The molecule has 19 heavy (non-hydrogen) atoms. The number of hydrogen-bond acceptors (Lipinski definition) is 3. The van der Waals surface area contributed by atoms with Gasteiger partial charge < -0.3 is 5.32 Å². The highest BCUT2D eigenvalue weighted by Gasteiger charge is 2.32. The Morgan fingerprint density at radius 2 is 2.11 bits per heavy atom. The summed E-state index contributed by atoms with van der Waals surface area (Å²) in [6.45, 7) is 16.8. The van der Waals surface area contributed by atoms with Crippen LogP contribution in [0.1, 0.15) is 40.0 Å². The Hall–Kier alpha value is -0.380. The van der Waals surface area contributed by atoms with Crippen LogP contribution in [0.15, 0.2) is 12.2 Å². The molecule has 3 heteroatoms. The molecule has 0 aliphatic carbocycles. The van der Waals surface area contributed by atoms with Crippen LogP contribution in [-0.2, 0) is 0 Å². The topological polar surface area (TPSA) is 18.5 Å². The largest absolute Gasteiger partial charge is 0.311 e. The fourth-order valence-corrected chi connectivity index (χ4v) is 3.32. The number of fused-ring (bicyclic) bond motifs is 1. The Morgan fingerprint density at radius 1 is 1.32 bits per heavy atom. The van der Waals surface area contributed by atoms with Crippen molar-refractivity contribution in [3.8, 4) is 0 Å². The predicted molar refractivity (Wildman–Crippen MR) is 82.5 cm³/mol. The maximum Gasteiger partial charge on any atom is 0.0224 e. The van der Waals surface area contributed by atoms with Crippen molar-refractivity contribution in [3.63, 3.8) is 0 Å². The third-order valence-electron chi connectivity index (χ3n) is 4.50. The van der Waals surface area contributed by atoms with Gasteiger partial charge in [0.1, 0.15) is 0 Å². The van der Waals surface area contributed by atoms with Gasteiger partial charge in [-0.3, -0.25) is 9.80 Å². The van der Waals surface area contributed by atoms with Gasteiger partial charge in [-0.15, -0.1) is 0 Å². The highest BCUT2D eigenvalue weighted by molar-refractivity contribution is 5.03. The van der Waals surface area contributed by atoms with E-state index < -0.39 is 0 Å². The van der Waals surface area contributed by atoms with E-state index in [2.05, 4.69) is 42.5 Å². The van der Waals surface area contributed by atoms with Gasteiger partial charge in [0.15, 0.2) is 0 Å². The minimum Gasteiger partial charge on any atom is -0.311 e. The van der Waals surface area contributed by atoms with E-state index in [1.165, 1.54) is 44.5 Å². The second-order valence-corrected chi connectivity index (χ2v) is 6.71. The van der Waals surface area contributed by atoms with Gasteiger partial charge in [0, 0.05) is 44.3 Å². The van der Waals surface area contributed by atoms with E-state index >= 15 is 0 Å². The summed E-state index contributed by atoms with van der Waals surface area (Å²) in [5, 5.41) is 3.47. The fraction of sp³-hybridized carbons (Fsp3) is 0.875. The standard InChI is InChI=1S/C16H31N3/c1-13(2)17-9-14(3)10-19-12-16-7-5-6-8-18(16)11-15(19)4/h13,15-17H,3,5-12H2,1-2,4H3. The van der Waals surface area contributed by atoms with Crippen LogP contribution in [0, 0.1) is 0 Å². The number of nitrogens with one attached hydrogen (secondary N) is 1. The molecule has 0 spiro atoms. The number of piperazine rings is 1. The van der Waals surface area contributed by atoms with Crippen LogP contribution in [0.25, 0.3) is 0 Å². The van der Waals surface area contributed by atoms with Crippen molar-refractivity contribution < 1.29 is 0 Å². The first-order chi connectivity index (χ1) is 9.06. The maximum absolute atomic E-state index is 4.24. The van der Waals surface area contributed by atoms with E-state index in [0.29, 0.717) is 12.1 Å². The van der Waals surface area contributed by atoms with Gasteiger partial charge in [-0.05, 0) is 31.9 Å². The smallest absolute Gasteiger partial charge is 0.0224 e. The summed E-state index contributed by atoms with van der Waals surface area (Å²) in [6.07, 6.45) is 4.20. The minimum atomic E-state index is 0.546. The summed E-state index contributed by atoms with van der Waals surface area (Å²) >= 11 is 0. The monoisotopic (exact) mass is 265 g/mol. The van der Waals surface area contributed by atoms with Crippen molar-refractivity contribution in [1.29, 1.82) is 0 Å². The lowest BCUT2D eigenvalue weighted by molar-refractivity contribution is 0.0201. The molecule has 1 N–H and O–H groups in total. The van der Waals surface area contributed by atoms with Gasteiger partial charge in [-0.2, -0.15) is 0 Å². The summed E-state index contributed by atoms with van der Waals surface area (Å²) in [6, 6.07) is 2.02. The molecule has 2 unspecified atom stereocenters. The molecule has 2 aliphatic heterocycles. The van der Waals surface area contributed by atoms with Crippen molar-refractivity contribution in [3.05, 3.63) is 12.2 Å².